The summed E-state index contributed by atoms with van der Waals surface area (Å²) < 4.78 is 18.3. The average Bonchev–Trinajstić information content (AvgIpc) is 2.72. The van der Waals surface area contributed by atoms with Gasteiger partial charge in [-0.25, -0.2) is 4.39 Å². The van der Waals surface area contributed by atoms with Gasteiger partial charge in [-0.2, -0.15) is 0 Å². The number of amides is 2. The number of nitrogens with zero attached hydrogens (tertiary/aromatic N) is 2. The van der Waals surface area contributed by atoms with Gasteiger partial charge in [0.05, 0.1) is 12.2 Å². The second-order valence-electron chi connectivity index (χ2n) is 6.60. The third-order valence-electron chi connectivity index (χ3n) is 4.67. The highest BCUT2D eigenvalue weighted by Gasteiger charge is 2.25. The third kappa shape index (κ3) is 5.00. The van der Waals surface area contributed by atoms with Gasteiger partial charge in [0.1, 0.15) is 17.3 Å². The monoisotopic (exact) mass is 386 g/mol. The van der Waals surface area contributed by atoms with E-state index in [2.05, 4.69) is 0 Å². The molecular formula is C21H23FN2O4. The van der Waals surface area contributed by atoms with Crippen molar-refractivity contribution < 1.29 is 23.8 Å². The molecule has 0 bridgehead atoms. The van der Waals surface area contributed by atoms with Gasteiger partial charge in [-0.15, -0.1) is 0 Å². The predicted molar refractivity (Wildman–Crippen MR) is 102 cm³/mol. The molecule has 1 fully saturated rings. The summed E-state index contributed by atoms with van der Waals surface area (Å²) in [6.07, 6.45) is 0.919. The van der Waals surface area contributed by atoms with Gasteiger partial charge in [0, 0.05) is 32.6 Å². The molecule has 0 atom stereocenters. The molecule has 28 heavy (non-hydrogen) atoms. The van der Waals surface area contributed by atoms with Gasteiger partial charge in [-0.3, -0.25) is 9.59 Å². The Labute approximate surface area is 163 Å². The van der Waals surface area contributed by atoms with Crippen LogP contribution in [0.25, 0.3) is 0 Å². The highest BCUT2D eigenvalue weighted by molar-refractivity contribution is 5.97. The molecule has 0 unspecified atom stereocenters. The number of rotatable bonds is 6. The molecule has 1 aliphatic heterocycles. The summed E-state index contributed by atoms with van der Waals surface area (Å²) >= 11 is 0. The van der Waals surface area contributed by atoms with Gasteiger partial charge in [-0.05, 0) is 42.8 Å². The number of phenols is 1. The minimum atomic E-state index is -0.317. The normalized spacial score (nSPS) is 14.0. The van der Waals surface area contributed by atoms with Crippen LogP contribution >= 0.6 is 0 Å². The number of para-hydroxylation sites is 1. The summed E-state index contributed by atoms with van der Waals surface area (Å²) in [6.45, 7) is 2.19. The minimum absolute atomic E-state index is 0.0253. The first-order chi connectivity index (χ1) is 13.5. The number of hydrogen-bond acceptors (Lipinski definition) is 4. The number of aromatic hydroxyl groups is 1. The lowest BCUT2D eigenvalue weighted by atomic mass is 10.1. The van der Waals surface area contributed by atoms with Crippen LogP contribution in [0.4, 0.5) is 4.39 Å². The lowest BCUT2D eigenvalue weighted by Gasteiger charge is -2.35. The van der Waals surface area contributed by atoms with Gasteiger partial charge in [0.2, 0.25) is 5.91 Å². The van der Waals surface area contributed by atoms with Crippen LogP contribution in [0.3, 0.4) is 0 Å². The molecule has 6 nitrogen and oxygen atoms in total. The van der Waals surface area contributed by atoms with Crippen LogP contribution in [-0.4, -0.2) is 59.5 Å². The Kier molecular flexibility index (Phi) is 6.47. The SMILES string of the molecule is O=C(CCCOc1ccc(F)cc1)N1CCN(C(=O)c2ccccc2O)CC1. The number of hydrogen-bond donors (Lipinski definition) is 1. The Morgan fingerprint density at radius 2 is 1.61 bits per heavy atom. The van der Waals surface area contributed by atoms with Crippen LogP contribution in [-0.2, 0) is 4.79 Å². The first-order valence-corrected chi connectivity index (χ1v) is 9.28. The standard InChI is InChI=1S/C21H23FN2O4/c22-16-7-9-17(10-8-16)28-15-3-6-20(26)23-11-13-24(14-12-23)21(27)18-4-1-2-5-19(18)25/h1-2,4-5,7-10,25H,3,6,11-15H2. The molecule has 1 N–H and O–H groups in total. The van der Waals surface area contributed by atoms with E-state index in [-0.39, 0.29) is 28.9 Å². The summed E-state index contributed by atoms with van der Waals surface area (Å²) in [7, 11) is 0. The summed E-state index contributed by atoms with van der Waals surface area (Å²) in [5.74, 6) is 0.0233. The Hall–Kier alpha value is -3.09. The van der Waals surface area contributed by atoms with Gasteiger partial charge >= 0.3 is 0 Å². The quantitative estimate of drug-likeness (QED) is 0.775. The lowest BCUT2D eigenvalue weighted by molar-refractivity contribution is -0.132. The molecule has 0 aliphatic carbocycles. The fourth-order valence-electron chi connectivity index (χ4n) is 3.09. The van der Waals surface area contributed by atoms with Crippen molar-refractivity contribution in [3.63, 3.8) is 0 Å². The first kappa shape index (κ1) is 19.7. The molecule has 1 heterocycles. The number of halogens is 1. The maximum atomic E-state index is 12.8. The molecule has 1 saturated heterocycles. The van der Waals surface area contributed by atoms with Crippen molar-refractivity contribution in [1.29, 1.82) is 0 Å². The number of piperazine rings is 1. The van der Waals surface area contributed by atoms with Crippen molar-refractivity contribution in [1.82, 2.24) is 9.80 Å². The zero-order valence-corrected chi connectivity index (χ0v) is 15.5. The Balaban J connectivity index is 1.39. The lowest BCUT2D eigenvalue weighted by Crippen LogP contribution is -2.50. The maximum Gasteiger partial charge on any atom is 0.257 e. The Morgan fingerprint density at radius 1 is 0.964 bits per heavy atom. The highest BCUT2D eigenvalue weighted by Crippen LogP contribution is 2.19. The maximum absolute atomic E-state index is 12.8. The predicted octanol–water partition coefficient (Wildman–Crippen LogP) is 2.67. The Morgan fingerprint density at radius 3 is 2.29 bits per heavy atom. The smallest absolute Gasteiger partial charge is 0.257 e. The van der Waals surface area contributed by atoms with E-state index in [9.17, 15) is 19.1 Å². The number of ether oxygens (including phenoxy) is 1. The molecule has 3 rings (SSSR count). The third-order valence-corrected chi connectivity index (χ3v) is 4.67. The van der Waals surface area contributed by atoms with Crippen molar-refractivity contribution >= 4 is 11.8 Å². The van der Waals surface area contributed by atoms with Crippen molar-refractivity contribution in [2.75, 3.05) is 32.8 Å². The van der Waals surface area contributed by atoms with E-state index in [0.29, 0.717) is 51.4 Å². The van der Waals surface area contributed by atoms with E-state index < -0.39 is 0 Å². The minimum Gasteiger partial charge on any atom is -0.507 e. The molecule has 0 aromatic heterocycles. The van der Waals surface area contributed by atoms with E-state index in [0.717, 1.165) is 0 Å². The topological polar surface area (TPSA) is 70.1 Å². The number of carbonyl (C=O) groups is 2. The molecule has 0 radical (unpaired) electrons. The van der Waals surface area contributed by atoms with Crippen molar-refractivity contribution in [3.05, 3.63) is 59.9 Å². The van der Waals surface area contributed by atoms with E-state index in [1.807, 2.05) is 0 Å². The first-order valence-electron chi connectivity index (χ1n) is 9.28. The number of benzene rings is 2. The van der Waals surface area contributed by atoms with Gasteiger partial charge in [0.15, 0.2) is 0 Å². The molecular weight excluding hydrogens is 363 g/mol. The van der Waals surface area contributed by atoms with Gasteiger partial charge in [-0.1, -0.05) is 12.1 Å². The average molecular weight is 386 g/mol. The molecule has 2 amide bonds. The van der Waals surface area contributed by atoms with Crippen molar-refractivity contribution in [3.8, 4) is 11.5 Å². The molecule has 0 spiro atoms. The van der Waals surface area contributed by atoms with E-state index in [4.69, 9.17) is 4.74 Å². The molecule has 7 heteroatoms. The largest absolute Gasteiger partial charge is 0.507 e. The zero-order chi connectivity index (χ0) is 19.9. The molecule has 2 aromatic carbocycles. The van der Waals surface area contributed by atoms with Crippen LogP contribution in [0, 0.1) is 5.82 Å². The molecule has 148 valence electrons. The van der Waals surface area contributed by atoms with E-state index in [1.165, 1.54) is 18.2 Å². The molecule has 0 saturated carbocycles. The number of carbonyl (C=O) groups excluding carboxylic acids is 2. The van der Waals surface area contributed by atoms with Crippen molar-refractivity contribution in [2.45, 2.75) is 12.8 Å². The van der Waals surface area contributed by atoms with E-state index in [1.54, 1.807) is 40.1 Å². The number of phenolic OH excluding ortho intramolecular Hbond substituents is 1. The van der Waals surface area contributed by atoms with Crippen LogP contribution in [0.1, 0.15) is 23.2 Å². The summed E-state index contributed by atoms with van der Waals surface area (Å²) in [6, 6.07) is 12.2. The second-order valence-corrected chi connectivity index (χ2v) is 6.60. The molecule has 1 aliphatic rings. The van der Waals surface area contributed by atoms with Crippen LogP contribution in [0.5, 0.6) is 11.5 Å². The zero-order valence-electron chi connectivity index (χ0n) is 15.5. The van der Waals surface area contributed by atoms with Gasteiger partial charge in [0.25, 0.3) is 5.91 Å². The van der Waals surface area contributed by atoms with Crippen LogP contribution in [0.15, 0.2) is 48.5 Å². The van der Waals surface area contributed by atoms with Gasteiger partial charge < -0.3 is 19.6 Å². The van der Waals surface area contributed by atoms with Crippen LogP contribution in [0.2, 0.25) is 0 Å². The molecule has 2 aromatic rings. The van der Waals surface area contributed by atoms with Crippen molar-refractivity contribution in [2.24, 2.45) is 0 Å². The van der Waals surface area contributed by atoms with Crippen LogP contribution < -0.4 is 4.74 Å². The second kappa shape index (κ2) is 9.21. The Bertz CT molecular complexity index is 817. The highest BCUT2D eigenvalue weighted by atomic mass is 19.1. The fraction of sp³-hybridized carbons (Fsp3) is 0.333. The summed E-state index contributed by atoms with van der Waals surface area (Å²) in [4.78, 5) is 28.2. The van der Waals surface area contributed by atoms with E-state index >= 15 is 0 Å². The summed E-state index contributed by atoms with van der Waals surface area (Å²) in [5, 5.41) is 9.83. The fourth-order valence-corrected chi connectivity index (χ4v) is 3.09. The summed E-state index contributed by atoms with van der Waals surface area (Å²) in [5.41, 5.74) is 0.278.